The fourth-order valence-corrected chi connectivity index (χ4v) is 2.71. The smallest absolute Gasteiger partial charge is 0.129 e. The lowest BCUT2D eigenvalue weighted by Gasteiger charge is -2.26. The number of rotatable bonds is 4. The zero-order chi connectivity index (χ0) is 13.2. The summed E-state index contributed by atoms with van der Waals surface area (Å²) in [6.07, 6.45) is 5.73. The molecule has 3 nitrogen and oxygen atoms in total. The molecule has 0 amide bonds. The molecule has 1 fully saturated rings. The highest BCUT2D eigenvalue weighted by Crippen LogP contribution is 2.37. The molecule has 1 aliphatic rings. The normalized spacial score (nSPS) is 17.2. The molecule has 3 N–H and O–H groups in total. The first-order chi connectivity index (χ1) is 9.29. The molecule has 0 spiro atoms. The number of aryl methyl sites for hydroxylation is 1. The van der Waals surface area contributed by atoms with Crippen LogP contribution in [0.5, 0.6) is 0 Å². The Balaban J connectivity index is 1.85. The van der Waals surface area contributed by atoms with Crippen LogP contribution < -0.4 is 11.3 Å². The molecule has 19 heavy (non-hydrogen) atoms. The fourth-order valence-electron chi connectivity index (χ4n) is 2.71. The van der Waals surface area contributed by atoms with Crippen molar-refractivity contribution in [3.05, 3.63) is 59.0 Å². The first-order valence-electron chi connectivity index (χ1n) is 6.89. The first kappa shape index (κ1) is 12.5. The number of hydrazine groups is 1. The monoisotopic (exact) mass is 256 g/mol. The molecule has 2 aromatic rings. The summed E-state index contributed by atoms with van der Waals surface area (Å²) in [6.45, 7) is 2.03. The Morgan fingerprint density at radius 1 is 1.21 bits per heavy atom. The maximum atomic E-state index is 5.69. The molecule has 0 bridgehead atoms. The van der Waals surface area contributed by atoms with Crippen LogP contribution in [0.2, 0.25) is 0 Å². The van der Waals surface area contributed by atoms with E-state index in [0.717, 1.165) is 22.8 Å². The quantitative estimate of drug-likeness (QED) is 0.651. The molecule has 1 aromatic carbocycles. The number of furan rings is 1. The summed E-state index contributed by atoms with van der Waals surface area (Å²) in [5, 5.41) is 0. The van der Waals surface area contributed by atoms with Crippen LogP contribution in [0, 0.1) is 6.92 Å². The highest BCUT2D eigenvalue weighted by atomic mass is 16.3. The van der Waals surface area contributed by atoms with Crippen LogP contribution in [0.25, 0.3) is 0 Å². The SMILES string of the molecule is Cc1ccoc1C(NN)c1ccc(C2CCC2)cc1. The molecule has 100 valence electrons. The Labute approximate surface area is 113 Å². The van der Waals surface area contributed by atoms with Crippen molar-refractivity contribution >= 4 is 0 Å². The molecule has 1 saturated carbocycles. The van der Waals surface area contributed by atoms with Crippen molar-refractivity contribution in [1.82, 2.24) is 5.43 Å². The predicted octanol–water partition coefficient (Wildman–Crippen LogP) is 3.41. The fraction of sp³-hybridized carbons (Fsp3) is 0.375. The Hall–Kier alpha value is -1.58. The van der Waals surface area contributed by atoms with Crippen LogP contribution in [0.1, 0.15) is 53.7 Å². The van der Waals surface area contributed by atoms with Gasteiger partial charge in [0.1, 0.15) is 11.8 Å². The second-order valence-electron chi connectivity index (χ2n) is 5.36. The van der Waals surface area contributed by atoms with Crippen molar-refractivity contribution in [3.63, 3.8) is 0 Å². The Bertz CT molecular complexity index is 540. The van der Waals surface area contributed by atoms with Crippen LogP contribution in [0.4, 0.5) is 0 Å². The van der Waals surface area contributed by atoms with Gasteiger partial charge in [0.25, 0.3) is 0 Å². The van der Waals surface area contributed by atoms with Gasteiger partial charge >= 0.3 is 0 Å². The van der Waals surface area contributed by atoms with Gasteiger partial charge in [-0.05, 0) is 48.4 Å². The molecule has 1 aliphatic carbocycles. The van der Waals surface area contributed by atoms with Gasteiger partial charge in [-0.15, -0.1) is 0 Å². The lowest BCUT2D eigenvalue weighted by molar-refractivity contribution is 0.419. The molecule has 3 rings (SSSR count). The molecular formula is C16H20N2O. The molecule has 0 aliphatic heterocycles. The third-order valence-electron chi connectivity index (χ3n) is 4.18. The third-order valence-corrected chi connectivity index (χ3v) is 4.18. The summed E-state index contributed by atoms with van der Waals surface area (Å²) < 4.78 is 5.54. The summed E-state index contributed by atoms with van der Waals surface area (Å²) in [7, 11) is 0. The van der Waals surface area contributed by atoms with E-state index in [4.69, 9.17) is 10.3 Å². The lowest BCUT2D eigenvalue weighted by Crippen LogP contribution is -2.29. The molecule has 1 aromatic heterocycles. The van der Waals surface area contributed by atoms with Crippen molar-refractivity contribution in [1.29, 1.82) is 0 Å². The van der Waals surface area contributed by atoms with Crippen molar-refractivity contribution in [2.24, 2.45) is 5.84 Å². The molecule has 0 saturated heterocycles. The average Bonchev–Trinajstić information content (AvgIpc) is 2.77. The van der Waals surface area contributed by atoms with Gasteiger partial charge < -0.3 is 4.42 Å². The molecule has 3 heteroatoms. The maximum Gasteiger partial charge on any atom is 0.129 e. The lowest BCUT2D eigenvalue weighted by atomic mass is 9.80. The summed E-state index contributed by atoms with van der Waals surface area (Å²) in [4.78, 5) is 0. The standard InChI is InChI=1S/C16H20N2O/c1-11-9-10-19-16(11)15(18-17)14-7-5-13(6-8-14)12-3-2-4-12/h5-10,12,15,18H,2-4,17H2,1H3. The van der Waals surface area contributed by atoms with E-state index in [1.54, 1.807) is 6.26 Å². The van der Waals surface area contributed by atoms with E-state index in [-0.39, 0.29) is 6.04 Å². The van der Waals surface area contributed by atoms with E-state index in [9.17, 15) is 0 Å². The summed E-state index contributed by atoms with van der Waals surface area (Å²) >= 11 is 0. The number of hydrogen-bond acceptors (Lipinski definition) is 3. The van der Waals surface area contributed by atoms with Gasteiger partial charge in [0.2, 0.25) is 0 Å². The summed E-state index contributed by atoms with van der Waals surface area (Å²) in [5.74, 6) is 7.35. The minimum absolute atomic E-state index is 0.0783. The first-order valence-corrected chi connectivity index (χ1v) is 6.89. The van der Waals surface area contributed by atoms with E-state index in [0.29, 0.717) is 0 Å². The van der Waals surface area contributed by atoms with E-state index < -0.39 is 0 Å². The third kappa shape index (κ3) is 2.31. The van der Waals surface area contributed by atoms with E-state index >= 15 is 0 Å². The van der Waals surface area contributed by atoms with Crippen molar-refractivity contribution in [3.8, 4) is 0 Å². The van der Waals surface area contributed by atoms with Gasteiger partial charge in [0.05, 0.1) is 6.26 Å². The average molecular weight is 256 g/mol. The Morgan fingerprint density at radius 3 is 2.42 bits per heavy atom. The second kappa shape index (κ2) is 5.19. The summed E-state index contributed by atoms with van der Waals surface area (Å²) in [5.41, 5.74) is 6.55. The molecule has 1 unspecified atom stereocenters. The van der Waals surface area contributed by atoms with Gasteiger partial charge in [-0.1, -0.05) is 30.7 Å². The Kier molecular flexibility index (Phi) is 3.40. The van der Waals surface area contributed by atoms with Gasteiger partial charge in [-0.2, -0.15) is 0 Å². The van der Waals surface area contributed by atoms with Gasteiger partial charge in [0.15, 0.2) is 0 Å². The summed E-state index contributed by atoms with van der Waals surface area (Å²) in [6, 6.07) is 10.6. The molecule has 1 heterocycles. The second-order valence-corrected chi connectivity index (χ2v) is 5.36. The van der Waals surface area contributed by atoms with E-state index in [1.165, 1.54) is 24.8 Å². The number of benzene rings is 1. The largest absolute Gasteiger partial charge is 0.467 e. The predicted molar refractivity (Wildman–Crippen MR) is 75.6 cm³/mol. The molecule has 0 radical (unpaired) electrons. The number of nitrogens with two attached hydrogens (primary N) is 1. The van der Waals surface area contributed by atoms with Crippen molar-refractivity contribution in [2.45, 2.75) is 38.1 Å². The van der Waals surface area contributed by atoms with Crippen LogP contribution in [0.15, 0.2) is 41.0 Å². The zero-order valence-electron chi connectivity index (χ0n) is 11.2. The molecular weight excluding hydrogens is 236 g/mol. The van der Waals surface area contributed by atoms with Crippen LogP contribution in [-0.2, 0) is 0 Å². The van der Waals surface area contributed by atoms with Gasteiger partial charge in [-0.3, -0.25) is 5.84 Å². The van der Waals surface area contributed by atoms with Gasteiger partial charge in [0, 0.05) is 0 Å². The highest BCUT2D eigenvalue weighted by Gasteiger charge is 2.21. The van der Waals surface area contributed by atoms with Crippen LogP contribution in [0.3, 0.4) is 0 Å². The van der Waals surface area contributed by atoms with Crippen LogP contribution in [-0.4, -0.2) is 0 Å². The Morgan fingerprint density at radius 2 is 1.95 bits per heavy atom. The topological polar surface area (TPSA) is 51.2 Å². The zero-order valence-corrected chi connectivity index (χ0v) is 11.2. The van der Waals surface area contributed by atoms with E-state index in [1.807, 2.05) is 13.0 Å². The van der Waals surface area contributed by atoms with Crippen LogP contribution >= 0.6 is 0 Å². The molecule has 1 atom stereocenters. The van der Waals surface area contributed by atoms with Crippen molar-refractivity contribution < 1.29 is 4.42 Å². The minimum Gasteiger partial charge on any atom is -0.467 e. The highest BCUT2D eigenvalue weighted by molar-refractivity contribution is 5.34. The number of nitrogens with one attached hydrogen (secondary N) is 1. The maximum absolute atomic E-state index is 5.69. The van der Waals surface area contributed by atoms with Gasteiger partial charge in [-0.25, -0.2) is 5.43 Å². The minimum atomic E-state index is -0.0783. The van der Waals surface area contributed by atoms with Crippen molar-refractivity contribution in [2.75, 3.05) is 0 Å². The number of hydrogen-bond donors (Lipinski definition) is 2. The van der Waals surface area contributed by atoms with E-state index in [2.05, 4.69) is 29.7 Å².